The molecule has 0 spiro atoms. The summed E-state index contributed by atoms with van der Waals surface area (Å²) in [6, 6.07) is 21.1. The number of unbranched alkanes of at least 4 members (excludes halogenated alkanes) is 3. The van der Waals surface area contributed by atoms with Crippen molar-refractivity contribution in [1.82, 2.24) is 0 Å². The summed E-state index contributed by atoms with van der Waals surface area (Å²) >= 11 is 0. The van der Waals surface area contributed by atoms with E-state index in [4.69, 9.17) is 4.74 Å². The molecule has 0 aliphatic carbocycles. The summed E-state index contributed by atoms with van der Waals surface area (Å²) in [5.41, 5.74) is 2.71. The highest BCUT2D eigenvalue weighted by Crippen LogP contribution is 2.08. The van der Waals surface area contributed by atoms with E-state index in [1.54, 1.807) is 0 Å². The Morgan fingerprint density at radius 1 is 0.600 bits per heavy atom. The smallest absolute Gasteiger partial charge is 0.0716 e. The molecule has 0 aromatic heterocycles. The lowest BCUT2D eigenvalue weighted by Gasteiger charge is -2.05. The van der Waals surface area contributed by atoms with Crippen LogP contribution in [0.1, 0.15) is 36.8 Å². The molecule has 0 saturated carbocycles. The molecule has 0 aliphatic rings. The monoisotopic (exact) mass is 268 g/mol. The lowest BCUT2D eigenvalue weighted by Crippen LogP contribution is -1.95. The predicted octanol–water partition coefficient (Wildman–Crippen LogP) is 5.01. The molecule has 0 bridgehead atoms. The summed E-state index contributed by atoms with van der Waals surface area (Å²) in [6.07, 6.45) is 6.21. The highest BCUT2D eigenvalue weighted by Gasteiger charge is 1.94. The maximum atomic E-state index is 5.68. The SMILES string of the molecule is c1ccc(CCCCCCOCc2ccccc2)cc1. The topological polar surface area (TPSA) is 9.23 Å². The van der Waals surface area contributed by atoms with Gasteiger partial charge in [-0.1, -0.05) is 73.5 Å². The third kappa shape index (κ3) is 6.03. The highest BCUT2D eigenvalue weighted by atomic mass is 16.5. The second kappa shape index (κ2) is 9.33. The van der Waals surface area contributed by atoms with Gasteiger partial charge >= 0.3 is 0 Å². The number of hydrogen-bond acceptors (Lipinski definition) is 1. The molecule has 2 rings (SSSR count). The van der Waals surface area contributed by atoms with Crippen molar-refractivity contribution in [2.75, 3.05) is 6.61 Å². The van der Waals surface area contributed by atoms with Crippen LogP contribution in [-0.2, 0) is 17.8 Å². The fourth-order valence-corrected chi connectivity index (χ4v) is 2.30. The average Bonchev–Trinajstić information content (AvgIpc) is 2.52. The van der Waals surface area contributed by atoms with Crippen LogP contribution in [0.15, 0.2) is 60.7 Å². The number of hydrogen-bond donors (Lipinski definition) is 0. The van der Waals surface area contributed by atoms with Crippen molar-refractivity contribution in [3.8, 4) is 0 Å². The van der Waals surface area contributed by atoms with Crippen LogP contribution in [0, 0.1) is 0 Å². The Kier molecular flexibility index (Phi) is 6.90. The summed E-state index contributed by atoms with van der Waals surface area (Å²) in [7, 11) is 0. The maximum absolute atomic E-state index is 5.68. The Hall–Kier alpha value is -1.60. The first-order valence-electron chi connectivity index (χ1n) is 7.61. The molecule has 0 heterocycles. The quantitative estimate of drug-likeness (QED) is 0.581. The van der Waals surface area contributed by atoms with Gasteiger partial charge in [0.15, 0.2) is 0 Å². The van der Waals surface area contributed by atoms with Crippen molar-refractivity contribution >= 4 is 0 Å². The molecule has 1 nitrogen and oxygen atoms in total. The lowest BCUT2D eigenvalue weighted by molar-refractivity contribution is 0.117. The molecule has 0 atom stereocenters. The Balaban J connectivity index is 1.44. The van der Waals surface area contributed by atoms with Crippen LogP contribution in [-0.4, -0.2) is 6.61 Å². The zero-order valence-electron chi connectivity index (χ0n) is 12.1. The van der Waals surface area contributed by atoms with E-state index in [1.165, 1.54) is 43.2 Å². The summed E-state index contributed by atoms with van der Waals surface area (Å²) in [5, 5.41) is 0. The second-order valence-electron chi connectivity index (χ2n) is 5.19. The van der Waals surface area contributed by atoms with Gasteiger partial charge in [0.05, 0.1) is 6.61 Å². The summed E-state index contributed by atoms with van der Waals surface area (Å²) in [5.74, 6) is 0. The van der Waals surface area contributed by atoms with Crippen LogP contribution in [0.4, 0.5) is 0 Å². The van der Waals surface area contributed by atoms with Crippen LogP contribution in [0.3, 0.4) is 0 Å². The molecule has 0 N–H and O–H groups in total. The van der Waals surface area contributed by atoms with Gasteiger partial charge in [-0.2, -0.15) is 0 Å². The minimum absolute atomic E-state index is 0.741. The molecule has 0 aliphatic heterocycles. The molecule has 0 fully saturated rings. The van der Waals surface area contributed by atoms with E-state index in [9.17, 15) is 0 Å². The van der Waals surface area contributed by atoms with Crippen LogP contribution in [0.5, 0.6) is 0 Å². The average molecular weight is 268 g/mol. The van der Waals surface area contributed by atoms with Gasteiger partial charge in [0, 0.05) is 6.61 Å². The van der Waals surface area contributed by atoms with Gasteiger partial charge in [-0.3, -0.25) is 0 Å². The number of benzene rings is 2. The van der Waals surface area contributed by atoms with E-state index in [0.717, 1.165) is 13.2 Å². The molecule has 0 amide bonds. The second-order valence-corrected chi connectivity index (χ2v) is 5.19. The molecule has 1 heteroatoms. The van der Waals surface area contributed by atoms with E-state index >= 15 is 0 Å². The molecule has 2 aromatic carbocycles. The molecule has 20 heavy (non-hydrogen) atoms. The summed E-state index contributed by atoms with van der Waals surface area (Å²) in [4.78, 5) is 0. The van der Waals surface area contributed by atoms with E-state index < -0.39 is 0 Å². The largest absolute Gasteiger partial charge is 0.377 e. The zero-order chi connectivity index (χ0) is 13.9. The predicted molar refractivity (Wildman–Crippen MR) is 84.7 cm³/mol. The molecular formula is C19H24O. The van der Waals surface area contributed by atoms with E-state index in [-0.39, 0.29) is 0 Å². The minimum Gasteiger partial charge on any atom is -0.377 e. The minimum atomic E-state index is 0.741. The standard InChI is InChI=1S/C19H24O/c1(5-11-18-12-6-3-7-13-18)2-10-16-20-17-19-14-8-4-9-15-19/h3-4,6-9,12-15H,1-2,5,10-11,16-17H2. The van der Waals surface area contributed by atoms with Crippen molar-refractivity contribution in [3.63, 3.8) is 0 Å². The van der Waals surface area contributed by atoms with Crippen molar-refractivity contribution in [2.24, 2.45) is 0 Å². The molecule has 0 unspecified atom stereocenters. The zero-order valence-corrected chi connectivity index (χ0v) is 12.1. The fraction of sp³-hybridized carbons (Fsp3) is 0.368. The molecule has 0 saturated heterocycles. The number of rotatable bonds is 9. The van der Waals surface area contributed by atoms with Crippen LogP contribution in [0.25, 0.3) is 0 Å². The lowest BCUT2D eigenvalue weighted by atomic mass is 10.1. The van der Waals surface area contributed by atoms with Gasteiger partial charge < -0.3 is 4.74 Å². The third-order valence-corrected chi connectivity index (χ3v) is 3.46. The fourth-order valence-electron chi connectivity index (χ4n) is 2.30. The van der Waals surface area contributed by atoms with Crippen molar-refractivity contribution in [2.45, 2.75) is 38.7 Å². The Bertz CT molecular complexity index is 404. The van der Waals surface area contributed by atoms with Gasteiger partial charge in [0.1, 0.15) is 0 Å². The number of aryl methyl sites for hydroxylation is 1. The Labute approximate surface area is 122 Å². The highest BCUT2D eigenvalue weighted by molar-refractivity contribution is 5.14. The third-order valence-electron chi connectivity index (χ3n) is 3.46. The van der Waals surface area contributed by atoms with E-state index in [0.29, 0.717) is 0 Å². The summed E-state index contributed by atoms with van der Waals surface area (Å²) < 4.78 is 5.68. The van der Waals surface area contributed by atoms with E-state index in [1.807, 2.05) is 6.07 Å². The first-order valence-corrected chi connectivity index (χ1v) is 7.61. The first-order chi connectivity index (χ1) is 9.95. The Morgan fingerprint density at radius 3 is 1.90 bits per heavy atom. The molecule has 0 radical (unpaired) electrons. The molecule has 106 valence electrons. The van der Waals surface area contributed by atoms with Crippen molar-refractivity contribution in [3.05, 3.63) is 71.8 Å². The van der Waals surface area contributed by atoms with Gasteiger partial charge in [0.25, 0.3) is 0 Å². The maximum Gasteiger partial charge on any atom is 0.0716 e. The Morgan fingerprint density at radius 2 is 1.20 bits per heavy atom. The molecular weight excluding hydrogens is 244 g/mol. The van der Waals surface area contributed by atoms with Crippen LogP contribution >= 0.6 is 0 Å². The van der Waals surface area contributed by atoms with Crippen molar-refractivity contribution in [1.29, 1.82) is 0 Å². The van der Waals surface area contributed by atoms with Crippen molar-refractivity contribution < 1.29 is 4.74 Å². The van der Waals surface area contributed by atoms with Crippen LogP contribution < -0.4 is 0 Å². The normalized spacial score (nSPS) is 10.6. The summed E-state index contributed by atoms with van der Waals surface area (Å²) in [6.45, 7) is 1.62. The van der Waals surface area contributed by atoms with E-state index in [2.05, 4.69) is 54.6 Å². The molecule has 2 aromatic rings. The first kappa shape index (κ1) is 14.8. The van der Waals surface area contributed by atoms with Gasteiger partial charge in [-0.15, -0.1) is 0 Å². The van der Waals surface area contributed by atoms with Gasteiger partial charge in [0.2, 0.25) is 0 Å². The van der Waals surface area contributed by atoms with Gasteiger partial charge in [-0.25, -0.2) is 0 Å². The van der Waals surface area contributed by atoms with Crippen LogP contribution in [0.2, 0.25) is 0 Å². The van der Waals surface area contributed by atoms with Gasteiger partial charge in [-0.05, 0) is 30.4 Å². The number of ether oxygens (including phenoxy) is 1.